The summed E-state index contributed by atoms with van der Waals surface area (Å²) in [4.78, 5) is 11.6. The maximum absolute atomic E-state index is 11.6. The van der Waals surface area contributed by atoms with Crippen molar-refractivity contribution < 1.29 is 9.53 Å². The molecule has 0 rings (SSSR count). The Morgan fingerprint density at radius 1 is 0.952 bits per heavy atom. The van der Waals surface area contributed by atoms with E-state index in [0.717, 1.165) is 25.6 Å². The van der Waals surface area contributed by atoms with Crippen LogP contribution < -0.4 is 0 Å². The molecule has 0 amide bonds. The van der Waals surface area contributed by atoms with Crippen LogP contribution in [-0.2, 0) is 9.53 Å². The molecule has 0 aromatic heterocycles. The highest BCUT2D eigenvalue weighted by atomic mass is 16.5. The van der Waals surface area contributed by atoms with Crippen molar-refractivity contribution in [3.63, 3.8) is 0 Å². The third kappa shape index (κ3) is 15.7. The zero-order valence-electron chi connectivity index (χ0n) is 14.4. The molecule has 0 N–H and O–H groups in total. The quantitative estimate of drug-likeness (QED) is 0.228. The molecule has 0 bridgehead atoms. The van der Waals surface area contributed by atoms with E-state index in [1.54, 1.807) is 0 Å². The number of unbranched alkanes of at least 4 members (excludes halogenated alkanes) is 8. The van der Waals surface area contributed by atoms with Gasteiger partial charge in [0.15, 0.2) is 0 Å². The van der Waals surface area contributed by atoms with Crippen LogP contribution in [-0.4, -0.2) is 20.4 Å². The van der Waals surface area contributed by atoms with Gasteiger partial charge in [-0.1, -0.05) is 78.0 Å². The van der Waals surface area contributed by atoms with E-state index < -0.39 is 0 Å². The number of carbonyl (C=O) groups is 1. The van der Waals surface area contributed by atoms with E-state index in [2.05, 4.69) is 13.8 Å². The predicted octanol–water partition coefficient (Wildman–Crippen LogP) is 5.45. The molecule has 0 aliphatic carbocycles. The normalized spacial score (nSPS) is 12.3. The highest BCUT2D eigenvalue weighted by Crippen LogP contribution is 2.12. The first-order chi connectivity index (χ1) is 10.2. The largest absolute Gasteiger partial charge is 0.465 e. The van der Waals surface area contributed by atoms with E-state index in [4.69, 9.17) is 12.6 Å². The van der Waals surface area contributed by atoms with Gasteiger partial charge in [0, 0.05) is 6.42 Å². The zero-order valence-corrected chi connectivity index (χ0v) is 14.4. The molecule has 21 heavy (non-hydrogen) atoms. The summed E-state index contributed by atoms with van der Waals surface area (Å²) in [5.41, 5.74) is 0. The van der Waals surface area contributed by atoms with Crippen molar-refractivity contribution in [2.24, 2.45) is 5.92 Å². The van der Waals surface area contributed by atoms with Crippen LogP contribution in [0.5, 0.6) is 0 Å². The number of esters is 1. The number of carbonyl (C=O) groups excluding carboxylic acids is 1. The SMILES string of the molecule is [B]CCCCCCCC(=O)OCC(C)CCCCCCC. The first kappa shape index (κ1) is 20.5. The van der Waals surface area contributed by atoms with Gasteiger partial charge < -0.3 is 4.74 Å². The van der Waals surface area contributed by atoms with Crippen molar-refractivity contribution in [1.82, 2.24) is 0 Å². The molecule has 0 fully saturated rings. The molecule has 122 valence electrons. The van der Waals surface area contributed by atoms with Crippen LogP contribution in [0.1, 0.15) is 90.9 Å². The molecule has 1 unspecified atom stereocenters. The minimum absolute atomic E-state index is 0.0216. The molecule has 0 heterocycles. The van der Waals surface area contributed by atoms with Gasteiger partial charge in [-0.15, -0.1) is 0 Å². The lowest BCUT2D eigenvalue weighted by Gasteiger charge is -2.12. The van der Waals surface area contributed by atoms with Gasteiger partial charge in [-0.2, -0.15) is 0 Å². The van der Waals surface area contributed by atoms with E-state index in [-0.39, 0.29) is 5.97 Å². The highest BCUT2D eigenvalue weighted by molar-refractivity contribution is 6.08. The van der Waals surface area contributed by atoms with Gasteiger partial charge >= 0.3 is 5.97 Å². The van der Waals surface area contributed by atoms with Gasteiger partial charge in [0.05, 0.1) is 14.5 Å². The third-order valence-corrected chi connectivity index (χ3v) is 3.91. The molecular formula is C18H35BO2. The van der Waals surface area contributed by atoms with Crippen LogP contribution in [0.4, 0.5) is 0 Å². The molecule has 3 heteroatoms. The summed E-state index contributed by atoms with van der Waals surface area (Å²) in [5, 5.41) is 0. The van der Waals surface area contributed by atoms with E-state index >= 15 is 0 Å². The maximum atomic E-state index is 11.6. The second-order valence-corrected chi connectivity index (χ2v) is 6.30. The Kier molecular flexibility index (Phi) is 15.6. The van der Waals surface area contributed by atoms with Gasteiger partial charge in [-0.05, 0) is 18.8 Å². The Morgan fingerprint density at radius 2 is 1.57 bits per heavy atom. The summed E-state index contributed by atoms with van der Waals surface area (Å²) in [6.45, 7) is 5.01. The molecule has 2 nitrogen and oxygen atoms in total. The minimum atomic E-state index is -0.0216. The van der Waals surface area contributed by atoms with E-state index in [0.29, 0.717) is 18.9 Å². The molecule has 0 saturated heterocycles. The molecule has 0 aromatic rings. The standard InChI is InChI=1S/C18H35BO2/c1-3-4-5-7-10-13-17(2)16-21-18(20)14-11-8-6-9-12-15-19/h17H,3-16H2,1-2H3. The van der Waals surface area contributed by atoms with Crippen LogP contribution in [0.25, 0.3) is 0 Å². The van der Waals surface area contributed by atoms with E-state index in [1.165, 1.54) is 51.4 Å². The van der Waals surface area contributed by atoms with Crippen LogP contribution in [0.3, 0.4) is 0 Å². The Bertz CT molecular complexity index is 231. The summed E-state index contributed by atoms with van der Waals surface area (Å²) in [6.07, 6.45) is 14.6. The Labute approximate surface area is 133 Å². The number of ether oxygens (including phenoxy) is 1. The smallest absolute Gasteiger partial charge is 0.305 e. The molecule has 0 aromatic carbocycles. The summed E-state index contributed by atoms with van der Waals surface area (Å²) < 4.78 is 5.35. The first-order valence-electron chi connectivity index (χ1n) is 9.06. The summed E-state index contributed by atoms with van der Waals surface area (Å²) in [6, 6.07) is 0. The fraction of sp³-hybridized carbons (Fsp3) is 0.944. The average molecular weight is 294 g/mol. The van der Waals surface area contributed by atoms with Crippen molar-refractivity contribution in [3.05, 3.63) is 0 Å². The lowest BCUT2D eigenvalue weighted by Crippen LogP contribution is -2.11. The fourth-order valence-electron chi connectivity index (χ4n) is 2.43. The number of hydrogen-bond donors (Lipinski definition) is 0. The summed E-state index contributed by atoms with van der Waals surface area (Å²) >= 11 is 0. The van der Waals surface area contributed by atoms with E-state index in [9.17, 15) is 4.79 Å². The van der Waals surface area contributed by atoms with Crippen molar-refractivity contribution in [2.45, 2.75) is 97.2 Å². The Hall–Kier alpha value is -0.465. The van der Waals surface area contributed by atoms with Gasteiger partial charge in [0.25, 0.3) is 0 Å². The van der Waals surface area contributed by atoms with Crippen molar-refractivity contribution in [1.29, 1.82) is 0 Å². The molecular weight excluding hydrogens is 259 g/mol. The molecule has 1 atom stereocenters. The Balaban J connectivity index is 3.34. The summed E-state index contributed by atoms with van der Waals surface area (Å²) in [7, 11) is 5.44. The van der Waals surface area contributed by atoms with Gasteiger partial charge in [-0.3, -0.25) is 4.79 Å². The average Bonchev–Trinajstić information content (AvgIpc) is 2.48. The predicted molar refractivity (Wildman–Crippen MR) is 91.8 cm³/mol. The molecule has 2 radical (unpaired) electrons. The monoisotopic (exact) mass is 294 g/mol. The highest BCUT2D eigenvalue weighted by Gasteiger charge is 2.07. The van der Waals surface area contributed by atoms with Crippen molar-refractivity contribution in [2.75, 3.05) is 6.61 Å². The topological polar surface area (TPSA) is 26.3 Å². The lowest BCUT2D eigenvalue weighted by atomic mass is 9.98. The van der Waals surface area contributed by atoms with Crippen molar-refractivity contribution in [3.8, 4) is 0 Å². The molecule has 0 spiro atoms. The van der Waals surface area contributed by atoms with Crippen LogP contribution in [0.2, 0.25) is 6.32 Å². The fourth-order valence-corrected chi connectivity index (χ4v) is 2.43. The molecule has 0 saturated carbocycles. The zero-order chi connectivity index (χ0) is 15.8. The van der Waals surface area contributed by atoms with E-state index in [1.807, 2.05) is 0 Å². The summed E-state index contributed by atoms with van der Waals surface area (Å²) in [5.74, 6) is 0.479. The Morgan fingerprint density at radius 3 is 2.29 bits per heavy atom. The number of rotatable bonds is 15. The first-order valence-corrected chi connectivity index (χ1v) is 9.06. The van der Waals surface area contributed by atoms with Crippen LogP contribution >= 0.6 is 0 Å². The number of hydrogen-bond acceptors (Lipinski definition) is 2. The third-order valence-electron chi connectivity index (χ3n) is 3.91. The second kappa shape index (κ2) is 15.9. The second-order valence-electron chi connectivity index (χ2n) is 6.30. The maximum Gasteiger partial charge on any atom is 0.305 e. The van der Waals surface area contributed by atoms with Gasteiger partial charge in [0.2, 0.25) is 0 Å². The lowest BCUT2D eigenvalue weighted by molar-refractivity contribution is -0.145. The van der Waals surface area contributed by atoms with Gasteiger partial charge in [-0.25, -0.2) is 0 Å². The van der Waals surface area contributed by atoms with Crippen molar-refractivity contribution >= 4 is 13.8 Å². The van der Waals surface area contributed by atoms with Crippen LogP contribution in [0.15, 0.2) is 0 Å². The molecule has 0 aliphatic heterocycles. The minimum Gasteiger partial charge on any atom is -0.465 e. The van der Waals surface area contributed by atoms with Crippen LogP contribution in [0, 0.1) is 5.92 Å². The molecule has 0 aliphatic rings. The van der Waals surface area contributed by atoms with Gasteiger partial charge in [0.1, 0.15) is 0 Å².